The van der Waals surface area contributed by atoms with Gasteiger partial charge in [-0.3, -0.25) is 9.59 Å². The molecule has 1 atom stereocenters. The minimum absolute atomic E-state index is 0.0525. The maximum Gasteiger partial charge on any atom is 0.339 e. The molecule has 1 aromatic rings. The van der Waals surface area contributed by atoms with Crippen LogP contribution in [0.15, 0.2) is 24.3 Å². The number of carbonyl (C=O) groups excluding carboxylic acids is 3. The summed E-state index contributed by atoms with van der Waals surface area (Å²) in [5.74, 6) is -1.05. The number of amides is 2. The second-order valence-corrected chi connectivity index (χ2v) is 7.11. The first-order valence-corrected chi connectivity index (χ1v) is 9.38. The van der Waals surface area contributed by atoms with Crippen LogP contribution >= 0.6 is 0 Å². The normalized spacial score (nSPS) is 21.3. The number of benzene rings is 1. The van der Waals surface area contributed by atoms with Crippen LogP contribution in [-0.4, -0.2) is 37.5 Å². The average molecular weight is 358 g/mol. The van der Waals surface area contributed by atoms with E-state index < -0.39 is 5.97 Å². The van der Waals surface area contributed by atoms with E-state index in [9.17, 15) is 14.4 Å². The van der Waals surface area contributed by atoms with Gasteiger partial charge < -0.3 is 15.0 Å². The summed E-state index contributed by atoms with van der Waals surface area (Å²) in [6, 6.07) is 7.07. The number of ether oxygens (including phenoxy) is 1. The molecule has 1 saturated carbocycles. The first-order valence-electron chi connectivity index (χ1n) is 9.38. The van der Waals surface area contributed by atoms with Crippen LogP contribution in [0.2, 0.25) is 0 Å². The maximum absolute atomic E-state index is 12.6. The first-order chi connectivity index (χ1) is 12.6. The standard InChI is InChI=1S/C20H26N2O4/c1-26-20(25)16-10-6-7-11-17(16)22-13-14(12-18(22)23)19(24)21-15-8-4-2-3-5-9-15/h6-7,10-11,14-15H,2-5,8-9,12-13H2,1H3,(H,21,24). The number of nitrogens with one attached hydrogen (secondary N) is 1. The summed E-state index contributed by atoms with van der Waals surface area (Å²) in [6.07, 6.45) is 6.95. The minimum Gasteiger partial charge on any atom is -0.465 e. The average Bonchev–Trinajstić information content (AvgIpc) is 2.87. The molecule has 1 aromatic carbocycles. The number of rotatable bonds is 4. The van der Waals surface area contributed by atoms with Crippen molar-refractivity contribution in [1.29, 1.82) is 0 Å². The molecule has 26 heavy (non-hydrogen) atoms. The Morgan fingerprint density at radius 2 is 1.81 bits per heavy atom. The molecule has 3 rings (SSSR count). The van der Waals surface area contributed by atoms with Gasteiger partial charge in [-0.05, 0) is 25.0 Å². The predicted molar refractivity (Wildman–Crippen MR) is 97.9 cm³/mol. The Morgan fingerprint density at radius 1 is 1.12 bits per heavy atom. The van der Waals surface area contributed by atoms with E-state index in [1.807, 2.05) is 0 Å². The van der Waals surface area contributed by atoms with Crippen LogP contribution < -0.4 is 10.2 Å². The summed E-state index contributed by atoms with van der Waals surface area (Å²) in [6.45, 7) is 0.297. The number of hydrogen-bond donors (Lipinski definition) is 1. The van der Waals surface area contributed by atoms with Crippen molar-refractivity contribution in [2.24, 2.45) is 5.92 Å². The summed E-state index contributed by atoms with van der Waals surface area (Å²) in [5, 5.41) is 3.13. The van der Waals surface area contributed by atoms with Crippen molar-refractivity contribution in [3.05, 3.63) is 29.8 Å². The molecule has 2 amide bonds. The molecule has 0 spiro atoms. The molecule has 0 aromatic heterocycles. The molecule has 1 unspecified atom stereocenters. The lowest BCUT2D eigenvalue weighted by Gasteiger charge is -2.21. The van der Waals surface area contributed by atoms with Gasteiger partial charge in [-0.2, -0.15) is 0 Å². The highest BCUT2D eigenvalue weighted by atomic mass is 16.5. The molecule has 0 radical (unpaired) electrons. The van der Waals surface area contributed by atoms with Crippen LogP contribution in [0.5, 0.6) is 0 Å². The zero-order valence-corrected chi connectivity index (χ0v) is 15.2. The van der Waals surface area contributed by atoms with Crippen molar-refractivity contribution < 1.29 is 19.1 Å². The Labute approximate surface area is 153 Å². The molecule has 140 valence electrons. The molecule has 6 nitrogen and oxygen atoms in total. The Bertz CT molecular complexity index is 680. The summed E-state index contributed by atoms with van der Waals surface area (Å²) in [4.78, 5) is 38.6. The lowest BCUT2D eigenvalue weighted by molar-refractivity contribution is -0.127. The number of hydrogen-bond acceptors (Lipinski definition) is 4. The maximum atomic E-state index is 12.6. The zero-order valence-electron chi connectivity index (χ0n) is 15.2. The smallest absolute Gasteiger partial charge is 0.339 e. The SMILES string of the molecule is COC(=O)c1ccccc1N1CC(C(=O)NC2CCCCCC2)CC1=O. The van der Waals surface area contributed by atoms with Crippen LogP contribution in [-0.2, 0) is 14.3 Å². The first kappa shape index (κ1) is 18.4. The van der Waals surface area contributed by atoms with E-state index in [0.717, 1.165) is 25.7 Å². The fraction of sp³-hybridized carbons (Fsp3) is 0.550. The quantitative estimate of drug-likeness (QED) is 0.663. The van der Waals surface area contributed by atoms with Gasteiger partial charge in [-0.15, -0.1) is 0 Å². The summed E-state index contributed by atoms with van der Waals surface area (Å²) in [5.41, 5.74) is 0.849. The highest BCUT2D eigenvalue weighted by Crippen LogP contribution is 2.29. The number of esters is 1. The van der Waals surface area contributed by atoms with Gasteiger partial charge in [0.25, 0.3) is 0 Å². The monoisotopic (exact) mass is 358 g/mol. The Kier molecular flexibility index (Phi) is 5.91. The zero-order chi connectivity index (χ0) is 18.5. The molecule has 1 aliphatic carbocycles. The van der Waals surface area contributed by atoms with Crippen LogP contribution in [0.4, 0.5) is 5.69 Å². The Morgan fingerprint density at radius 3 is 2.50 bits per heavy atom. The number of carbonyl (C=O) groups is 3. The Hall–Kier alpha value is -2.37. The molecular weight excluding hydrogens is 332 g/mol. The predicted octanol–water partition coefficient (Wildman–Crippen LogP) is 2.67. The van der Waals surface area contributed by atoms with Gasteiger partial charge in [0.2, 0.25) is 11.8 Å². The van der Waals surface area contributed by atoms with E-state index in [1.54, 1.807) is 24.3 Å². The van der Waals surface area contributed by atoms with Crippen LogP contribution in [0.1, 0.15) is 55.3 Å². The fourth-order valence-electron chi connectivity index (χ4n) is 3.85. The van der Waals surface area contributed by atoms with Gasteiger partial charge in [-0.25, -0.2) is 4.79 Å². The third kappa shape index (κ3) is 4.06. The van der Waals surface area contributed by atoms with E-state index in [-0.39, 0.29) is 30.2 Å². The van der Waals surface area contributed by atoms with Gasteiger partial charge in [-0.1, -0.05) is 37.8 Å². The van der Waals surface area contributed by atoms with Gasteiger partial charge in [0.1, 0.15) is 0 Å². The van der Waals surface area contributed by atoms with Crippen molar-refractivity contribution in [2.75, 3.05) is 18.6 Å². The van der Waals surface area contributed by atoms with E-state index in [4.69, 9.17) is 4.74 Å². The molecule has 2 aliphatic rings. The molecule has 1 saturated heterocycles. The molecular formula is C20H26N2O4. The lowest BCUT2D eigenvalue weighted by atomic mass is 10.0. The molecule has 1 N–H and O–H groups in total. The van der Waals surface area contributed by atoms with Gasteiger partial charge in [0.15, 0.2) is 0 Å². The molecule has 6 heteroatoms. The largest absolute Gasteiger partial charge is 0.465 e. The summed E-state index contributed by atoms with van der Waals surface area (Å²) >= 11 is 0. The highest BCUT2D eigenvalue weighted by molar-refractivity contribution is 6.05. The van der Waals surface area contributed by atoms with Crippen molar-refractivity contribution in [1.82, 2.24) is 5.32 Å². The van der Waals surface area contributed by atoms with E-state index in [1.165, 1.54) is 24.9 Å². The second-order valence-electron chi connectivity index (χ2n) is 7.11. The number of methoxy groups -OCH3 is 1. The third-order valence-corrected chi connectivity index (χ3v) is 5.30. The van der Waals surface area contributed by atoms with Crippen LogP contribution in [0.3, 0.4) is 0 Å². The van der Waals surface area contributed by atoms with Gasteiger partial charge >= 0.3 is 5.97 Å². The molecule has 0 bridgehead atoms. The minimum atomic E-state index is -0.486. The van der Waals surface area contributed by atoms with E-state index in [2.05, 4.69) is 5.32 Å². The summed E-state index contributed by atoms with van der Waals surface area (Å²) in [7, 11) is 1.31. The lowest BCUT2D eigenvalue weighted by Crippen LogP contribution is -2.39. The van der Waals surface area contributed by atoms with Crippen LogP contribution in [0, 0.1) is 5.92 Å². The molecule has 1 heterocycles. The molecule has 2 fully saturated rings. The fourth-order valence-corrected chi connectivity index (χ4v) is 3.85. The second kappa shape index (κ2) is 8.34. The summed E-state index contributed by atoms with van der Waals surface area (Å²) < 4.78 is 4.80. The van der Waals surface area contributed by atoms with Gasteiger partial charge in [0, 0.05) is 19.0 Å². The highest BCUT2D eigenvalue weighted by Gasteiger charge is 2.37. The van der Waals surface area contributed by atoms with E-state index in [0.29, 0.717) is 17.8 Å². The van der Waals surface area contributed by atoms with Crippen LogP contribution in [0.25, 0.3) is 0 Å². The van der Waals surface area contributed by atoms with Crippen molar-refractivity contribution >= 4 is 23.5 Å². The van der Waals surface area contributed by atoms with Crippen molar-refractivity contribution in [3.63, 3.8) is 0 Å². The topological polar surface area (TPSA) is 75.7 Å². The third-order valence-electron chi connectivity index (χ3n) is 5.30. The van der Waals surface area contributed by atoms with Gasteiger partial charge in [0.05, 0.1) is 24.3 Å². The number of anilines is 1. The number of para-hydroxylation sites is 1. The van der Waals surface area contributed by atoms with Crippen molar-refractivity contribution in [2.45, 2.75) is 51.0 Å². The van der Waals surface area contributed by atoms with Crippen molar-refractivity contribution in [3.8, 4) is 0 Å². The van der Waals surface area contributed by atoms with E-state index >= 15 is 0 Å². The molecule has 1 aliphatic heterocycles. The Balaban J connectivity index is 1.69. The number of nitrogens with zero attached hydrogens (tertiary/aromatic N) is 1.